The minimum atomic E-state index is -0.419. The van der Waals surface area contributed by atoms with E-state index in [4.69, 9.17) is 14.2 Å². The molecule has 0 fully saturated rings. The van der Waals surface area contributed by atoms with E-state index in [9.17, 15) is 14.0 Å². The van der Waals surface area contributed by atoms with Crippen molar-refractivity contribution in [3.8, 4) is 28.4 Å². The quantitative estimate of drug-likeness (QED) is 0.441. The van der Waals surface area contributed by atoms with Crippen molar-refractivity contribution >= 4 is 17.6 Å². The number of rotatable bonds is 9. The van der Waals surface area contributed by atoms with Gasteiger partial charge >= 0.3 is 5.97 Å². The van der Waals surface area contributed by atoms with Crippen molar-refractivity contribution in [1.82, 2.24) is 5.32 Å². The minimum Gasteiger partial charge on any atom is -0.493 e. The number of hydrogen-bond donors (Lipinski definition) is 2. The Bertz CT molecular complexity index is 1180. The SMILES string of the molecule is CCNC(=O)c1ccc(Oc2cc(-c3ccc(F)cc3)c(CC(=O)OC)cc2OC)c(NC)c1. The normalized spacial score (nSPS) is 10.4. The van der Waals surface area contributed by atoms with Crippen molar-refractivity contribution in [1.29, 1.82) is 0 Å². The maximum absolute atomic E-state index is 13.5. The molecule has 0 aliphatic carbocycles. The second-order valence-corrected chi connectivity index (χ2v) is 7.34. The van der Waals surface area contributed by atoms with Crippen LogP contribution in [0.2, 0.25) is 0 Å². The van der Waals surface area contributed by atoms with Gasteiger partial charge < -0.3 is 24.8 Å². The first-order valence-corrected chi connectivity index (χ1v) is 10.7. The number of esters is 1. The number of amides is 1. The first-order chi connectivity index (χ1) is 16.4. The Morgan fingerprint density at radius 1 is 0.941 bits per heavy atom. The lowest BCUT2D eigenvalue weighted by Gasteiger charge is -2.18. The molecule has 8 heteroatoms. The molecule has 3 aromatic carbocycles. The first-order valence-electron chi connectivity index (χ1n) is 10.7. The van der Waals surface area contributed by atoms with Gasteiger partial charge in [0.15, 0.2) is 17.2 Å². The summed E-state index contributed by atoms with van der Waals surface area (Å²) in [5.41, 5.74) is 3.11. The van der Waals surface area contributed by atoms with E-state index < -0.39 is 5.97 Å². The van der Waals surface area contributed by atoms with E-state index in [0.29, 0.717) is 51.7 Å². The summed E-state index contributed by atoms with van der Waals surface area (Å²) in [6.07, 6.45) is 0.00283. The molecule has 0 radical (unpaired) electrons. The van der Waals surface area contributed by atoms with Gasteiger partial charge in [0.2, 0.25) is 0 Å². The van der Waals surface area contributed by atoms with Gasteiger partial charge in [-0.2, -0.15) is 0 Å². The van der Waals surface area contributed by atoms with E-state index in [1.807, 2.05) is 6.92 Å². The van der Waals surface area contributed by atoms with Crippen LogP contribution in [0.15, 0.2) is 54.6 Å². The molecular weight excluding hydrogens is 439 g/mol. The van der Waals surface area contributed by atoms with Crippen molar-refractivity contribution in [2.75, 3.05) is 33.1 Å². The summed E-state index contributed by atoms with van der Waals surface area (Å²) in [6.45, 7) is 2.37. The molecule has 1 amide bonds. The fourth-order valence-electron chi connectivity index (χ4n) is 3.45. The third-order valence-corrected chi connectivity index (χ3v) is 5.18. The molecule has 7 nitrogen and oxygen atoms in total. The van der Waals surface area contributed by atoms with Crippen LogP contribution in [0.25, 0.3) is 11.1 Å². The smallest absolute Gasteiger partial charge is 0.310 e. The standard InChI is InChI=1S/C26H27FN2O5/c1-5-29-26(31)17-8-11-22(21(12-17)28-2)34-24-15-20(16-6-9-19(27)10-7-16)18(13-23(24)32-3)14-25(30)33-4/h6-13,15,28H,5,14H2,1-4H3,(H,29,31). The average Bonchev–Trinajstić information content (AvgIpc) is 2.85. The maximum atomic E-state index is 13.5. The molecule has 0 saturated heterocycles. The first kappa shape index (κ1) is 24.6. The molecule has 3 aromatic rings. The van der Waals surface area contributed by atoms with Gasteiger partial charge in [0, 0.05) is 19.2 Å². The molecule has 0 aromatic heterocycles. The predicted octanol–water partition coefficient (Wildman–Crippen LogP) is 4.80. The van der Waals surface area contributed by atoms with E-state index in [1.54, 1.807) is 49.5 Å². The zero-order valence-corrected chi connectivity index (χ0v) is 19.5. The van der Waals surface area contributed by atoms with Gasteiger partial charge in [-0.3, -0.25) is 9.59 Å². The lowest BCUT2D eigenvalue weighted by Crippen LogP contribution is -2.22. The van der Waals surface area contributed by atoms with Crippen LogP contribution in [0, 0.1) is 5.82 Å². The maximum Gasteiger partial charge on any atom is 0.310 e. The molecule has 0 bridgehead atoms. The Balaban J connectivity index is 2.07. The third kappa shape index (κ3) is 5.64. The van der Waals surface area contributed by atoms with E-state index in [-0.39, 0.29) is 18.1 Å². The van der Waals surface area contributed by atoms with E-state index in [2.05, 4.69) is 10.6 Å². The van der Waals surface area contributed by atoms with Crippen LogP contribution in [-0.4, -0.2) is 39.7 Å². The molecule has 0 atom stereocenters. The van der Waals surface area contributed by atoms with Gasteiger partial charge in [-0.25, -0.2) is 4.39 Å². The topological polar surface area (TPSA) is 85.9 Å². The highest BCUT2D eigenvalue weighted by Crippen LogP contribution is 2.40. The number of methoxy groups -OCH3 is 2. The number of nitrogens with one attached hydrogen (secondary N) is 2. The fourth-order valence-corrected chi connectivity index (χ4v) is 3.45. The molecule has 0 aliphatic rings. The molecular formula is C26H27FN2O5. The lowest BCUT2D eigenvalue weighted by atomic mass is 9.96. The number of hydrogen-bond acceptors (Lipinski definition) is 6. The number of ether oxygens (including phenoxy) is 3. The van der Waals surface area contributed by atoms with Gasteiger partial charge in [-0.15, -0.1) is 0 Å². The number of anilines is 1. The van der Waals surface area contributed by atoms with Crippen molar-refractivity contribution in [2.24, 2.45) is 0 Å². The van der Waals surface area contributed by atoms with Crippen LogP contribution in [0.5, 0.6) is 17.2 Å². The van der Waals surface area contributed by atoms with E-state index in [0.717, 1.165) is 0 Å². The Morgan fingerprint density at radius 2 is 1.68 bits per heavy atom. The molecule has 0 aliphatic heterocycles. The van der Waals surface area contributed by atoms with E-state index in [1.165, 1.54) is 26.4 Å². The van der Waals surface area contributed by atoms with Gasteiger partial charge in [-0.05, 0) is 66.1 Å². The average molecular weight is 467 g/mol. The zero-order valence-electron chi connectivity index (χ0n) is 19.5. The lowest BCUT2D eigenvalue weighted by molar-refractivity contribution is -0.139. The number of benzene rings is 3. The summed E-state index contributed by atoms with van der Waals surface area (Å²) in [7, 11) is 4.54. The zero-order chi connectivity index (χ0) is 24.7. The van der Waals surface area contributed by atoms with Crippen LogP contribution >= 0.6 is 0 Å². The second-order valence-electron chi connectivity index (χ2n) is 7.34. The summed E-state index contributed by atoms with van der Waals surface area (Å²) in [5, 5.41) is 5.80. The molecule has 0 spiro atoms. The van der Waals surface area contributed by atoms with Gasteiger partial charge in [0.1, 0.15) is 5.82 Å². The Labute approximate surface area is 197 Å². The van der Waals surface area contributed by atoms with Crippen molar-refractivity contribution in [3.05, 3.63) is 71.5 Å². The number of carbonyl (C=O) groups is 2. The van der Waals surface area contributed by atoms with Gasteiger partial charge in [0.05, 0.1) is 26.3 Å². The molecule has 0 unspecified atom stereocenters. The molecule has 0 heterocycles. The summed E-state index contributed by atoms with van der Waals surface area (Å²) in [4.78, 5) is 24.2. The number of carbonyl (C=O) groups excluding carboxylic acids is 2. The third-order valence-electron chi connectivity index (χ3n) is 5.18. The van der Waals surface area contributed by atoms with Crippen LogP contribution in [0.4, 0.5) is 10.1 Å². The summed E-state index contributed by atoms with van der Waals surface area (Å²) in [6, 6.07) is 14.4. The van der Waals surface area contributed by atoms with Gasteiger partial charge in [0.25, 0.3) is 5.91 Å². The van der Waals surface area contributed by atoms with E-state index >= 15 is 0 Å². The van der Waals surface area contributed by atoms with Crippen molar-refractivity contribution in [3.63, 3.8) is 0 Å². The molecule has 34 heavy (non-hydrogen) atoms. The molecule has 2 N–H and O–H groups in total. The Hall–Kier alpha value is -4.07. The molecule has 178 valence electrons. The summed E-state index contributed by atoms with van der Waals surface area (Å²) >= 11 is 0. The largest absolute Gasteiger partial charge is 0.493 e. The highest BCUT2D eigenvalue weighted by Gasteiger charge is 2.18. The second kappa shape index (κ2) is 11.2. The summed E-state index contributed by atoms with van der Waals surface area (Å²) < 4.78 is 30.1. The predicted molar refractivity (Wildman–Crippen MR) is 128 cm³/mol. The molecule has 0 saturated carbocycles. The van der Waals surface area contributed by atoms with Crippen LogP contribution in [0.3, 0.4) is 0 Å². The van der Waals surface area contributed by atoms with Crippen LogP contribution < -0.4 is 20.1 Å². The highest BCUT2D eigenvalue weighted by atomic mass is 19.1. The minimum absolute atomic E-state index is 0.00283. The van der Waals surface area contributed by atoms with Crippen molar-refractivity contribution in [2.45, 2.75) is 13.3 Å². The highest BCUT2D eigenvalue weighted by molar-refractivity contribution is 5.95. The number of halogens is 1. The van der Waals surface area contributed by atoms with Crippen LogP contribution in [0.1, 0.15) is 22.8 Å². The van der Waals surface area contributed by atoms with Crippen molar-refractivity contribution < 1.29 is 28.2 Å². The fraction of sp³-hybridized carbons (Fsp3) is 0.231. The van der Waals surface area contributed by atoms with Gasteiger partial charge in [-0.1, -0.05) is 12.1 Å². The Kier molecular flexibility index (Phi) is 8.08. The Morgan fingerprint density at radius 3 is 2.29 bits per heavy atom. The monoisotopic (exact) mass is 466 g/mol. The molecule has 3 rings (SSSR count). The summed E-state index contributed by atoms with van der Waals surface area (Å²) in [5.74, 6) is 0.289. The van der Waals surface area contributed by atoms with Crippen LogP contribution in [-0.2, 0) is 16.0 Å².